The van der Waals surface area contributed by atoms with Crippen LogP contribution in [0.4, 0.5) is 5.69 Å². The van der Waals surface area contributed by atoms with E-state index < -0.39 is 0 Å². The van der Waals surface area contributed by atoms with Gasteiger partial charge in [-0.25, -0.2) is 4.98 Å². The third-order valence-electron chi connectivity index (χ3n) is 6.09. The van der Waals surface area contributed by atoms with Crippen LogP contribution in [0.2, 0.25) is 0 Å². The minimum absolute atomic E-state index is 0.164. The van der Waals surface area contributed by atoms with E-state index in [4.69, 9.17) is 9.47 Å². The van der Waals surface area contributed by atoms with Crippen molar-refractivity contribution in [3.05, 3.63) is 82.9 Å². The molecule has 4 aromatic rings. The van der Waals surface area contributed by atoms with Gasteiger partial charge in [0.25, 0.3) is 5.91 Å². The first kappa shape index (κ1) is 23.0. The topological polar surface area (TPSA) is 92.4 Å². The van der Waals surface area contributed by atoms with Crippen LogP contribution in [0.1, 0.15) is 32.9 Å². The van der Waals surface area contributed by atoms with Gasteiger partial charge in [-0.05, 0) is 61.4 Å². The molecule has 0 aliphatic carbocycles. The Bertz CT molecular complexity index is 1310. The van der Waals surface area contributed by atoms with Crippen LogP contribution in [0.5, 0.6) is 5.75 Å². The summed E-state index contributed by atoms with van der Waals surface area (Å²) in [6, 6.07) is 13.3. The van der Waals surface area contributed by atoms with E-state index in [9.17, 15) is 4.79 Å². The Labute approximate surface area is 204 Å². The number of H-pyrrole nitrogens is 1. The molecule has 0 bridgehead atoms. The molecule has 5 rings (SSSR count). The smallest absolute Gasteiger partial charge is 0.255 e. The van der Waals surface area contributed by atoms with Crippen molar-refractivity contribution in [1.29, 1.82) is 0 Å². The van der Waals surface area contributed by atoms with Crippen molar-refractivity contribution in [3.63, 3.8) is 0 Å². The van der Waals surface area contributed by atoms with E-state index in [0.29, 0.717) is 12.2 Å². The maximum absolute atomic E-state index is 13.0. The molecule has 1 aliphatic rings. The molecule has 8 heteroatoms. The van der Waals surface area contributed by atoms with Gasteiger partial charge in [0.05, 0.1) is 30.8 Å². The SMILES string of the molecule is Cc1cc(C(=O)Nc2ccc3nc(CN4CCOCC4)[nH]c3c2)cc(C)c1OCc1cccnc1. The minimum Gasteiger partial charge on any atom is -0.488 e. The van der Waals surface area contributed by atoms with Crippen LogP contribution in [0.3, 0.4) is 0 Å². The van der Waals surface area contributed by atoms with Crippen LogP contribution in [0, 0.1) is 13.8 Å². The fraction of sp³-hybridized carbons (Fsp3) is 0.296. The van der Waals surface area contributed by atoms with Crippen LogP contribution < -0.4 is 10.1 Å². The van der Waals surface area contributed by atoms with Gasteiger partial charge < -0.3 is 19.8 Å². The Morgan fingerprint density at radius 3 is 2.69 bits per heavy atom. The van der Waals surface area contributed by atoms with E-state index in [2.05, 4.69) is 25.2 Å². The lowest BCUT2D eigenvalue weighted by Crippen LogP contribution is -2.35. The molecule has 1 aliphatic heterocycles. The normalized spacial score (nSPS) is 14.2. The molecule has 0 atom stereocenters. The maximum atomic E-state index is 13.0. The number of morpholine rings is 1. The molecular weight excluding hydrogens is 442 g/mol. The fourth-order valence-corrected chi connectivity index (χ4v) is 4.34. The second-order valence-electron chi connectivity index (χ2n) is 8.85. The average molecular weight is 472 g/mol. The number of hydrogen-bond acceptors (Lipinski definition) is 6. The van der Waals surface area contributed by atoms with E-state index in [1.165, 1.54) is 0 Å². The van der Waals surface area contributed by atoms with Gasteiger partial charge in [0.1, 0.15) is 18.2 Å². The molecule has 3 heterocycles. The Hall–Kier alpha value is -3.75. The second-order valence-corrected chi connectivity index (χ2v) is 8.85. The number of hydrogen-bond donors (Lipinski definition) is 2. The third-order valence-corrected chi connectivity index (χ3v) is 6.09. The summed E-state index contributed by atoms with van der Waals surface area (Å²) in [6.07, 6.45) is 3.52. The van der Waals surface area contributed by atoms with Crippen molar-refractivity contribution in [2.75, 3.05) is 31.6 Å². The van der Waals surface area contributed by atoms with E-state index in [1.54, 1.807) is 12.4 Å². The molecule has 35 heavy (non-hydrogen) atoms. The number of carbonyl (C=O) groups excluding carboxylic acids is 1. The van der Waals surface area contributed by atoms with E-state index >= 15 is 0 Å². The zero-order chi connectivity index (χ0) is 24.2. The molecule has 0 spiro atoms. The van der Waals surface area contributed by atoms with Gasteiger partial charge in [-0.3, -0.25) is 14.7 Å². The van der Waals surface area contributed by atoms with Crippen LogP contribution >= 0.6 is 0 Å². The standard InChI is InChI=1S/C27H29N5O3/c1-18-12-21(13-19(2)26(18)35-17-20-4-3-7-28-15-20)27(33)29-22-5-6-23-24(14-22)31-25(30-23)16-32-8-10-34-11-9-32/h3-7,12-15H,8-11,16-17H2,1-2H3,(H,29,33)(H,30,31). The van der Waals surface area contributed by atoms with Gasteiger partial charge in [-0.2, -0.15) is 0 Å². The second kappa shape index (κ2) is 10.2. The summed E-state index contributed by atoms with van der Waals surface area (Å²) >= 11 is 0. The van der Waals surface area contributed by atoms with Crippen molar-refractivity contribution in [2.24, 2.45) is 0 Å². The summed E-state index contributed by atoms with van der Waals surface area (Å²) in [5.74, 6) is 1.54. The Morgan fingerprint density at radius 2 is 1.94 bits per heavy atom. The molecule has 8 nitrogen and oxygen atoms in total. The number of pyridine rings is 1. The van der Waals surface area contributed by atoms with Crippen LogP contribution in [-0.4, -0.2) is 52.1 Å². The third kappa shape index (κ3) is 5.50. The molecule has 0 radical (unpaired) electrons. The van der Waals surface area contributed by atoms with Gasteiger partial charge in [0, 0.05) is 42.3 Å². The lowest BCUT2D eigenvalue weighted by atomic mass is 10.0. The maximum Gasteiger partial charge on any atom is 0.255 e. The van der Waals surface area contributed by atoms with Gasteiger partial charge in [0.15, 0.2) is 0 Å². The summed E-state index contributed by atoms with van der Waals surface area (Å²) in [7, 11) is 0. The monoisotopic (exact) mass is 471 g/mol. The highest BCUT2D eigenvalue weighted by Gasteiger charge is 2.15. The van der Waals surface area contributed by atoms with Crippen LogP contribution in [0.15, 0.2) is 54.9 Å². The summed E-state index contributed by atoms with van der Waals surface area (Å²) in [6.45, 7) is 8.42. The summed E-state index contributed by atoms with van der Waals surface area (Å²) < 4.78 is 11.4. The largest absolute Gasteiger partial charge is 0.488 e. The first-order valence-electron chi connectivity index (χ1n) is 11.8. The van der Waals surface area contributed by atoms with Gasteiger partial charge >= 0.3 is 0 Å². The predicted octanol–water partition coefficient (Wildman–Crippen LogP) is 4.24. The molecule has 2 aromatic carbocycles. The van der Waals surface area contributed by atoms with E-state index in [1.807, 2.05) is 56.3 Å². The van der Waals surface area contributed by atoms with Crippen LogP contribution in [0.25, 0.3) is 11.0 Å². The van der Waals surface area contributed by atoms with Crippen molar-refractivity contribution < 1.29 is 14.3 Å². The van der Waals surface area contributed by atoms with E-state index in [0.717, 1.165) is 77.8 Å². The highest BCUT2D eigenvalue weighted by molar-refractivity contribution is 6.05. The van der Waals surface area contributed by atoms with Gasteiger partial charge in [0.2, 0.25) is 0 Å². The van der Waals surface area contributed by atoms with Crippen molar-refractivity contribution in [3.8, 4) is 5.75 Å². The molecule has 1 saturated heterocycles. The highest BCUT2D eigenvalue weighted by Crippen LogP contribution is 2.27. The number of carbonyl (C=O) groups is 1. The van der Waals surface area contributed by atoms with Crippen molar-refractivity contribution in [2.45, 2.75) is 27.0 Å². The van der Waals surface area contributed by atoms with Crippen LogP contribution in [-0.2, 0) is 17.9 Å². The number of aryl methyl sites for hydroxylation is 2. The lowest BCUT2D eigenvalue weighted by molar-refractivity contribution is 0.0332. The van der Waals surface area contributed by atoms with Gasteiger partial charge in [-0.15, -0.1) is 0 Å². The number of aromatic amines is 1. The summed E-state index contributed by atoms with van der Waals surface area (Å²) in [4.78, 5) is 27.5. The minimum atomic E-state index is -0.164. The molecular formula is C27H29N5O3. The number of fused-ring (bicyclic) bond motifs is 1. The Balaban J connectivity index is 1.26. The number of nitrogens with zero attached hydrogens (tertiary/aromatic N) is 3. The molecule has 1 fully saturated rings. The number of rotatable bonds is 7. The lowest BCUT2D eigenvalue weighted by Gasteiger charge is -2.25. The number of anilines is 1. The molecule has 2 aromatic heterocycles. The zero-order valence-corrected chi connectivity index (χ0v) is 20.0. The first-order valence-corrected chi connectivity index (χ1v) is 11.8. The molecule has 0 saturated carbocycles. The Kier molecular flexibility index (Phi) is 6.74. The number of benzene rings is 2. The number of nitrogens with one attached hydrogen (secondary N) is 2. The number of ether oxygens (including phenoxy) is 2. The quantitative estimate of drug-likeness (QED) is 0.419. The molecule has 1 amide bonds. The fourth-order valence-electron chi connectivity index (χ4n) is 4.34. The average Bonchev–Trinajstić information content (AvgIpc) is 3.26. The Morgan fingerprint density at radius 1 is 1.14 bits per heavy atom. The predicted molar refractivity (Wildman–Crippen MR) is 135 cm³/mol. The molecule has 2 N–H and O–H groups in total. The summed E-state index contributed by atoms with van der Waals surface area (Å²) in [5, 5.41) is 3.01. The number of amides is 1. The molecule has 0 unspecified atom stereocenters. The molecule has 180 valence electrons. The highest BCUT2D eigenvalue weighted by atomic mass is 16.5. The summed E-state index contributed by atoms with van der Waals surface area (Å²) in [5.41, 5.74) is 5.91. The number of imidazole rings is 1. The first-order chi connectivity index (χ1) is 17.0. The van der Waals surface area contributed by atoms with E-state index in [-0.39, 0.29) is 5.91 Å². The van der Waals surface area contributed by atoms with Gasteiger partial charge in [-0.1, -0.05) is 6.07 Å². The van der Waals surface area contributed by atoms with Crippen molar-refractivity contribution in [1.82, 2.24) is 19.9 Å². The number of aromatic nitrogens is 3. The van der Waals surface area contributed by atoms with Crippen molar-refractivity contribution >= 4 is 22.6 Å². The zero-order valence-electron chi connectivity index (χ0n) is 20.0.